The topological polar surface area (TPSA) is 56.7 Å². The van der Waals surface area contributed by atoms with Crippen LogP contribution in [0.4, 0.5) is 10.3 Å². The number of rotatable bonds is 4. The van der Waals surface area contributed by atoms with Gasteiger partial charge in [-0.2, -0.15) is 0 Å². The van der Waals surface area contributed by atoms with E-state index in [4.69, 9.17) is 0 Å². The van der Waals surface area contributed by atoms with Crippen LogP contribution >= 0.6 is 0 Å². The standard InChI is InChI=1S/C18H23FN6/c1-20-17(23-10-7-15-5-2-3-6-16(15)19)24-11-13-25(14-12-24)18-21-8-4-9-22-18/h2-6,8-9H,7,10-14H2,1H3,(H,20,23). The van der Waals surface area contributed by atoms with Gasteiger partial charge in [0, 0.05) is 52.2 Å². The zero-order valence-corrected chi connectivity index (χ0v) is 14.4. The number of anilines is 1. The van der Waals surface area contributed by atoms with E-state index in [-0.39, 0.29) is 5.82 Å². The van der Waals surface area contributed by atoms with Crippen LogP contribution in [-0.4, -0.2) is 60.6 Å². The summed E-state index contributed by atoms with van der Waals surface area (Å²) in [5, 5.41) is 3.33. The Balaban J connectivity index is 1.49. The first kappa shape index (κ1) is 17.1. The SMILES string of the molecule is CN=C(NCCc1ccccc1F)N1CCN(c2ncccn2)CC1. The van der Waals surface area contributed by atoms with Crippen LogP contribution < -0.4 is 10.2 Å². The van der Waals surface area contributed by atoms with Crippen LogP contribution in [-0.2, 0) is 6.42 Å². The van der Waals surface area contributed by atoms with Gasteiger partial charge in [0.25, 0.3) is 0 Å². The lowest BCUT2D eigenvalue weighted by atomic mass is 10.1. The predicted octanol–water partition coefficient (Wildman–Crippen LogP) is 1.56. The molecule has 0 aliphatic carbocycles. The molecule has 1 aromatic heterocycles. The van der Waals surface area contributed by atoms with E-state index in [1.54, 1.807) is 25.5 Å². The second-order valence-corrected chi connectivity index (χ2v) is 5.84. The van der Waals surface area contributed by atoms with E-state index in [9.17, 15) is 4.39 Å². The number of halogens is 1. The van der Waals surface area contributed by atoms with Crippen molar-refractivity contribution in [3.63, 3.8) is 0 Å². The second-order valence-electron chi connectivity index (χ2n) is 5.84. The molecule has 1 saturated heterocycles. The van der Waals surface area contributed by atoms with Crippen LogP contribution in [0.3, 0.4) is 0 Å². The van der Waals surface area contributed by atoms with Crippen molar-refractivity contribution in [1.82, 2.24) is 20.2 Å². The molecule has 6 nitrogen and oxygen atoms in total. The maximum Gasteiger partial charge on any atom is 0.225 e. The fraction of sp³-hybridized carbons (Fsp3) is 0.389. The summed E-state index contributed by atoms with van der Waals surface area (Å²) < 4.78 is 13.7. The minimum absolute atomic E-state index is 0.157. The van der Waals surface area contributed by atoms with Crippen molar-refractivity contribution in [3.8, 4) is 0 Å². The van der Waals surface area contributed by atoms with E-state index in [0.717, 1.165) is 43.7 Å². The molecule has 1 aliphatic heterocycles. The summed E-state index contributed by atoms with van der Waals surface area (Å²) in [5.41, 5.74) is 0.719. The molecule has 0 unspecified atom stereocenters. The number of nitrogens with one attached hydrogen (secondary N) is 1. The molecule has 1 fully saturated rings. The lowest BCUT2D eigenvalue weighted by Crippen LogP contribution is -2.53. The molecular weight excluding hydrogens is 319 g/mol. The first-order valence-electron chi connectivity index (χ1n) is 8.49. The van der Waals surface area contributed by atoms with Crippen molar-refractivity contribution in [2.45, 2.75) is 6.42 Å². The van der Waals surface area contributed by atoms with Gasteiger partial charge in [0.2, 0.25) is 5.95 Å². The molecule has 1 N–H and O–H groups in total. The van der Waals surface area contributed by atoms with E-state index in [2.05, 4.69) is 30.1 Å². The molecule has 2 heterocycles. The van der Waals surface area contributed by atoms with Gasteiger partial charge in [0.1, 0.15) is 5.82 Å². The Morgan fingerprint density at radius 3 is 2.52 bits per heavy atom. The zero-order valence-electron chi connectivity index (χ0n) is 14.4. The summed E-state index contributed by atoms with van der Waals surface area (Å²) in [6.45, 7) is 4.03. The number of aromatic nitrogens is 2. The molecule has 3 rings (SSSR count). The highest BCUT2D eigenvalue weighted by Crippen LogP contribution is 2.10. The first-order valence-corrected chi connectivity index (χ1v) is 8.49. The molecule has 0 atom stereocenters. The average Bonchev–Trinajstić information content (AvgIpc) is 2.67. The van der Waals surface area contributed by atoms with Crippen molar-refractivity contribution >= 4 is 11.9 Å². The Hall–Kier alpha value is -2.70. The summed E-state index contributed by atoms with van der Waals surface area (Å²) in [6.07, 6.45) is 4.15. The van der Waals surface area contributed by atoms with Crippen LogP contribution in [0.5, 0.6) is 0 Å². The molecule has 0 saturated carbocycles. The Morgan fingerprint density at radius 2 is 1.84 bits per heavy atom. The lowest BCUT2D eigenvalue weighted by molar-refractivity contribution is 0.370. The Morgan fingerprint density at radius 1 is 1.12 bits per heavy atom. The third kappa shape index (κ3) is 4.43. The molecule has 132 valence electrons. The number of hydrogen-bond donors (Lipinski definition) is 1. The molecule has 25 heavy (non-hydrogen) atoms. The number of guanidine groups is 1. The van der Waals surface area contributed by atoms with Crippen molar-refractivity contribution in [2.24, 2.45) is 4.99 Å². The number of benzene rings is 1. The average molecular weight is 342 g/mol. The Kier molecular flexibility index (Phi) is 5.77. The van der Waals surface area contributed by atoms with E-state index < -0.39 is 0 Å². The zero-order chi connectivity index (χ0) is 17.5. The quantitative estimate of drug-likeness (QED) is 0.675. The maximum atomic E-state index is 13.7. The fourth-order valence-corrected chi connectivity index (χ4v) is 2.92. The van der Waals surface area contributed by atoms with Crippen molar-refractivity contribution in [2.75, 3.05) is 44.7 Å². The number of nitrogens with zero attached hydrogens (tertiary/aromatic N) is 5. The van der Waals surface area contributed by atoms with Crippen LogP contribution in [0.2, 0.25) is 0 Å². The molecule has 0 spiro atoms. The lowest BCUT2D eigenvalue weighted by Gasteiger charge is -2.36. The normalized spacial score (nSPS) is 15.4. The highest BCUT2D eigenvalue weighted by molar-refractivity contribution is 5.80. The van der Waals surface area contributed by atoms with Gasteiger partial charge in [-0.25, -0.2) is 14.4 Å². The molecule has 7 heteroatoms. The van der Waals surface area contributed by atoms with Gasteiger partial charge >= 0.3 is 0 Å². The Bertz CT molecular complexity index is 698. The Labute approximate surface area is 147 Å². The predicted molar refractivity (Wildman–Crippen MR) is 97.3 cm³/mol. The van der Waals surface area contributed by atoms with Gasteiger partial charge in [-0.1, -0.05) is 18.2 Å². The van der Waals surface area contributed by atoms with E-state index in [1.807, 2.05) is 18.2 Å². The van der Waals surface area contributed by atoms with Crippen molar-refractivity contribution in [3.05, 3.63) is 54.1 Å². The molecule has 1 aromatic carbocycles. The minimum atomic E-state index is -0.157. The summed E-state index contributed by atoms with van der Waals surface area (Å²) in [5.74, 6) is 1.46. The molecule has 0 bridgehead atoms. The van der Waals surface area contributed by atoms with Crippen LogP contribution in [0.25, 0.3) is 0 Å². The van der Waals surface area contributed by atoms with Gasteiger partial charge in [0.15, 0.2) is 5.96 Å². The third-order valence-electron chi connectivity index (χ3n) is 4.26. The van der Waals surface area contributed by atoms with Crippen molar-refractivity contribution in [1.29, 1.82) is 0 Å². The monoisotopic (exact) mass is 342 g/mol. The number of aliphatic imine (C=N–C) groups is 1. The molecule has 0 radical (unpaired) electrons. The summed E-state index contributed by atoms with van der Waals surface area (Å²) in [7, 11) is 1.78. The van der Waals surface area contributed by atoms with E-state index in [1.165, 1.54) is 6.07 Å². The number of piperazine rings is 1. The van der Waals surface area contributed by atoms with Gasteiger partial charge < -0.3 is 15.1 Å². The second kappa shape index (κ2) is 8.41. The van der Waals surface area contributed by atoms with Gasteiger partial charge in [0.05, 0.1) is 0 Å². The van der Waals surface area contributed by atoms with E-state index >= 15 is 0 Å². The summed E-state index contributed by atoms with van der Waals surface area (Å²) in [4.78, 5) is 17.3. The van der Waals surface area contributed by atoms with Crippen LogP contribution in [0.15, 0.2) is 47.7 Å². The van der Waals surface area contributed by atoms with Gasteiger partial charge in [-0.15, -0.1) is 0 Å². The fourth-order valence-electron chi connectivity index (χ4n) is 2.92. The third-order valence-corrected chi connectivity index (χ3v) is 4.26. The highest BCUT2D eigenvalue weighted by Gasteiger charge is 2.20. The van der Waals surface area contributed by atoms with Crippen molar-refractivity contribution < 1.29 is 4.39 Å². The molecule has 2 aromatic rings. The maximum absolute atomic E-state index is 13.7. The minimum Gasteiger partial charge on any atom is -0.356 e. The highest BCUT2D eigenvalue weighted by atomic mass is 19.1. The number of hydrogen-bond acceptors (Lipinski definition) is 4. The largest absolute Gasteiger partial charge is 0.356 e. The summed E-state index contributed by atoms with van der Waals surface area (Å²) >= 11 is 0. The van der Waals surface area contributed by atoms with Gasteiger partial charge in [-0.3, -0.25) is 4.99 Å². The molecule has 0 amide bonds. The summed E-state index contributed by atoms with van der Waals surface area (Å²) in [6, 6.07) is 8.70. The first-order chi connectivity index (χ1) is 12.3. The smallest absolute Gasteiger partial charge is 0.225 e. The van der Waals surface area contributed by atoms with Crippen LogP contribution in [0, 0.1) is 5.82 Å². The van der Waals surface area contributed by atoms with E-state index in [0.29, 0.717) is 13.0 Å². The van der Waals surface area contributed by atoms with Gasteiger partial charge in [-0.05, 0) is 24.1 Å². The molecule has 1 aliphatic rings. The molecular formula is C18H23FN6. The van der Waals surface area contributed by atoms with Crippen LogP contribution in [0.1, 0.15) is 5.56 Å².